The number of nitrogens with zero attached hydrogens (tertiary/aromatic N) is 1. The maximum Gasteiger partial charge on any atom is 0.228 e. The zero-order chi connectivity index (χ0) is 12.5. The molecule has 1 aliphatic carbocycles. The summed E-state index contributed by atoms with van der Waals surface area (Å²) in [5.41, 5.74) is -0.0445. The molecule has 2 nitrogen and oxygen atoms in total. The molecule has 2 aliphatic rings. The van der Waals surface area contributed by atoms with Gasteiger partial charge in [0.05, 0.1) is 5.38 Å². The lowest BCUT2D eigenvalue weighted by molar-refractivity contribution is -0.143. The predicted octanol–water partition coefficient (Wildman–Crippen LogP) is 3.43. The summed E-state index contributed by atoms with van der Waals surface area (Å²) in [7, 11) is 0. The van der Waals surface area contributed by atoms with Crippen LogP contribution < -0.4 is 0 Å². The summed E-state index contributed by atoms with van der Waals surface area (Å²) < 4.78 is 0. The minimum atomic E-state index is -0.0445. The largest absolute Gasteiger partial charge is 0.341 e. The number of carbonyl (C=O) groups is 1. The molecule has 2 atom stereocenters. The number of carbonyl (C=O) groups excluding carboxylic acids is 1. The van der Waals surface area contributed by atoms with Crippen molar-refractivity contribution in [2.24, 2.45) is 11.3 Å². The Bertz CT molecular complexity index is 286. The molecule has 0 bridgehead atoms. The first-order valence-electron chi connectivity index (χ1n) is 7.02. The second-order valence-corrected chi connectivity index (χ2v) is 6.43. The lowest BCUT2D eigenvalue weighted by atomic mass is 9.81. The summed E-state index contributed by atoms with van der Waals surface area (Å²) in [6.45, 7) is 6.01. The summed E-state index contributed by atoms with van der Waals surface area (Å²) in [5.74, 6) is 0.928. The molecule has 3 heteroatoms. The van der Waals surface area contributed by atoms with E-state index in [0.29, 0.717) is 11.8 Å². The number of likely N-dealkylation sites (tertiary alicyclic amines) is 1. The van der Waals surface area contributed by atoms with Crippen LogP contribution in [0.25, 0.3) is 0 Å². The highest BCUT2D eigenvalue weighted by atomic mass is 35.5. The van der Waals surface area contributed by atoms with E-state index < -0.39 is 0 Å². The van der Waals surface area contributed by atoms with Crippen molar-refractivity contribution in [3.63, 3.8) is 0 Å². The van der Waals surface area contributed by atoms with Gasteiger partial charge in [-0.25, -0.2) is 0 Å². The zero-order valence-corrected chi connectivity index (χ0v) is 11.8. The number of hydrogen-bond donors (Lipinski definition) is 0. The van der Waals surface area contributed by atoms with Gasteiger partial charge in [-0.15, -0.1) is 11.6 Å². The number of hydrogen-bond acceptors (Lipinski definition) is 1. The second-order valence-electron chi connectivity index (χ2n) is 5.87. The standard InChI is InChI=1S/C14H24ClNO/c1-3-14(7-4-5-8-14)13(17)16-9-6-11(2)12(15)10-16/h11-12H,3-10H2,1-2H3. The topological polar surface area (TPSA) is 20.3 Å². The SMILES string of the molecule is CCC1(C(=O)N2CCC(C)C(Cl)C2)CCCC1. The van der Waals surface area contributed by atoms with Crippen molar-refractivity contribution in [3.8, 4) is 0 Å². The van der Waals surface area contributed by atoms with Crippen LogP contribution in [-0.4, -0.2) is 29.3 Å². The Kier molecular flexibility index (Phi) is 4.02. The van der Waals surface area contributed by atoms with Crippen molar-refractivity contribution >= 4 is 17.5 Å². The maximum absolute atomic E-state index is 12.7. The van der Waals surface area contributed by atoms with E-state index >= 15 is 0 Å². The van der Waals surface area contributed by atoms with Crippen LogP contribution in [0.4, 0.5) is 0 Å². The molecule has 0 aromatic heterocycles. The maximum atomic E-state index is 12.7. The molecule has 0 radical (unpaired) electrons. The molecule has 0 aromatic carbocycles. The van der Waals surface area contributed by atoms with Gasteiger partial charge in [0.25, 0.3) is 0 Å². The predicted molar refractivity (Wildman–Crippen MR) is 71.2 cm³/mol. The van der Waals surface area contributed by atoms with Crippen LogP contribution >= 0.6 is 11.6 Å². The Labute approximate surface area is 110 Å². The van der Waals surface area contributed by atoms with Crippen LogP contribution in [0.5, 0.6) is 0 Å². The molecule has 0 spiro atoms. The molecular formula is C14H24ClNO. The fourth-order valence-electron chi connectivity index (χ4n) is 3.31. The van der Waals surface area contributed by atoms with E-state index in [1.165, 1.54) is 12.8 Å². The summed E-state index contributed by atoms with van der Waals surface area (Å²) in [4.78, 5) is 14.7. The summed E-state index contributed by atoms with van der Waals surface area (Å²) in [6.07, 6.45) is 6.65. The fraction of sp³-hybridized carbons (Fsp3) is 0.929. The normalized spacial score (nSPS) is 32.8. The summed E-state index contributed by atoms with van der Waals surface area (Å²) >= 11 is 6.31. The molecule has 0 aromatic rings. The van der Waals surface area contributed by atoms with E-state index in [0.717, 1.165) is 38.8 Å². The van der Waals surface area contributed by atoms with Crippen molar-refractivity contribution in [2.45, 2.75) is 57.7 Å². The first-order chi connectivity index (χ1) is 8.09. The first-order valence-corrected chi connectivity index (χ1v) is 7.46. The van der Waals surface area contributed by atoms with Crippen molar-refractivity contribution in [2.75, 3.05) is 13.1 Å². The lowest BCUT2D eigenvalue weighted by Crippen LogP contribution is -2.49. The van der Waals surface area contributed by atoms with Gasteiger partial charge in [-0.1, -0.05) is 26.7 Å². The number of rotatable bonds is 2. The van der Waals surface area contributed by atoms with Gasteiger partial charge in [0.1, 0.15) is 0 Å². The van der Waals surface area contributed by atoms with Gasteiger partial charge in [0.15, 0.2) is 0 Å². The minimum Gasteiger partial charge on any atom is -0.341 e. The third-order valence-corrected chi connectivity index (χ3v) is 5.41. The third kappa shape index (κ3) is 2.47. The number of alkyl halides is 1. The van der Waals surface area contributed by atoms with Crippen LogP contribution in [-0.2, 0) is 4.79 Å². The third-order valence-electron chi connectivity index (χ3n) is 4.84. The molecule has 1 heterocycles. The number of amides is 1. The summed E-state index contributed by atoms with van der Waals surface area (Å²) in [5, 5.41) is 0.142. The molecular weight excluding hydrogens is 234 g/mol. The van der Waals surface area contributed by atoms with Crippen molar-refractivity contribution in [3.05, 3.63) is 0 Å². The molecule has 0 N–H and O–H groups in total. The molecule has 1 saturated heterocycles. The highest BCUT2D eigenvalue weighted by Crippen LogP contribution is 2.43. The molecule has 1 amide bonds. The smallest absolute Gasteiger partial charge is 0.228 e. The molecule has 17 heavy (non-hydrogen) atoms. The van der Waals surface area contributed by atoms with Crippen LogP contribution in [0.1, 0.15) is 52.4 Å². The summed E-state index contributed by atoms with van der Waals surface area (Å²) in [6, 6.07) is 0. The fourth-order valence-corrected chi connectivity index (χ4v) is 3.60. The molecule has 2 fully saturated rings. The Morgan fingerprint density at radius 1 is 1.41 bits per heavy atom. The van der Waals surface area contributed by atoms with E-state index in [2.05, 4.69) is 13.8 Å². The van der Waals surface area contributed by atoms with E-state index in [9.17, 15) is 4.79 Å². The van der Waals surface area contributed by atoms with Gasteiger partial charge in [0, 0.05) is 18.5 Å². The Balaban J connectivity index is 2.04. The molecule has 2 rings (SSSR count). The van der Waals surface area contributed by atoms with Crippen LogP contribution in [0.15, 0.2) is 0 Å². The molecule has 1 aliphatic heterocycles. The molecule has 98 valence electrons. The van der Waals surface area contributed by atoms with E-state index in [-0.39, 0.29) is 10.8 Å². The van der Waals surface area contributed by atoms with E-state index in [4.69, 9.17) is 11.6 Å². The van der Waals surface area contributed by atoms with E-state index in [1.807, 2.05) is 4.90 Å². The van der Waals surface area contributed by atoms with E-state index in [1.54, 1.807) is 0 Å². The highest BCUT2D eigenvalue weighted by molar-refractivity contribution is 6.21. The minimum absolute atomic E-state index is 0.0445. The molecule has 1 saturated carbocycles. The Morgan fingerprint density at radius 3 is 2.59 bits per heavy atom. The zero-order valence-electron chi connectivity index (χ0n) is 11.0. The average Bonchev–Trinajstić information content (AvgIpc) is 2.81. The van der Waals surface area contributed by atoms with Crippen LogP contribution in [0.2, 0.25) is 0 Å². The quantitative estimate of drug-likeness (QED) is 0.694. The van der Waals surface area contributed by atoms with Crippen LogP contribution in [0, 0.1) is 11.3 Å². The van der Waals surface area contributed by atoms with Crippen molar-refractivity contribution in [1.29, 1.82) is 0 Å². The highest BCUT2D eigenvalue weighted by Gasteiger charge is 2.43. The second kappa shape index (κ2) is 5.17. The van der Waals surface area contributed by atoms with Gasteiger partial charge >= 0.3 is 0 Å². The van der Waals surface area contributed by atoms with Gasteiger partial charge in [-0.05, 0) is 31.6 Å². The monoisotopic (exact) mass is 257 g/mol. The van der Waals surface area contributed by atoms with Gasteiger partial charge in [-0.2, -0.15) is 0 Å². The van der Waals surface area contributed by atoms with Crippen molar-refractivity contribution in [1.82, 2.24) is 4.90 Å². The first kappa shape index (κ1) is 13.2. The van der Waals surface area contributed by atoms with Crippen molar-refractivity contribution < 1.29 is 4.79 Å². The van der Waals surface area contributed by atoms with Gasteiger partial charge in [-0.3, -0.25) is 4.79 Å². The Morgan fingerprint density at radius 2 is 2.06 bits per heavy atom. The molecule has 2 unspecified atom stereocenters. The number of piperidine rings is 1. The lowest BCUT2D eigenvalue weighted by Gasteiger charge is -2.39. The number of halogens is 1. The van der Waals surface area contributed by atoms with Gasteiger partial charge in [0.2, 0.25) is 5.91 Å². The van der Waals surface area contributed by atoms with Crippen LogP contribution in [0.3, 0.4) is 0 Å². The Hall–Kier alpha value is -0.240. The van der Waals surface area contributed by atoms with Gasteiger partial charge < -0.3 is 4.90 Å². The average molecular weight is 258 g/mol.